The summed E-state index contributed by atoms with van der Waals surface area (Å²) in [6, 6.07) is 10.8. The molecule has 1 atom stereocenters. The maximum Gasteiger partial charge on any atom is 0.416 e. The molecule has 3 rings (SSSR count). The molecular formula is C18H17F4N5. The molecule has 9 heteroatoms. The molecule has 0 aliphatic rings. The molecule has 0 aliphatic heterocycles. The van der Waals surface area contributed by atoms with Crippen molar-refractivity contribution in [1.82, 2.24) is 25.1 Å². The molecular weight excluding hydrogens is 362 g/mol. The van der Waals surface area contributed by atoms with Crippen molar-refractivity contribution < 1.29 is 17.6 Å². The van der Waals surface area contributed by atoms with Crippen LogP contribution in [0.25, 0.3) is 5.69 Å². The molecule has 142 valence electrons. The fourth-order valence-electron chi connectivity index (χ4n) is 2.65. The van der Waals surface area contributed by atoms with Crippen LogP contribution in [0.2, 0.25) is 0 Å². The Morgan fingerprint density at radius 2 is 1.67 bits per heavy atom. The third kappa shape index (κ3) is 4.30. The maximum absolute atomic E-state index is 13.1. The maximum atomic E-state index is 13.1. The van der Waals surface area contributed by atoms with Crippen molar-refractivity contribution >= 4 is 0 Å². The second kappa shape index (κ2) is 7.43. The summed E-state index contributed by atoms with van der Waals surface area (Å²) < 4.78 is 52.6. The van der Waals surface area contributed by atoms with E-state index in [0.717, 1.165) is 17.7 Å². The highest BCUT2D eigenvalue weighted by molar-refractivity contribution is 5.35. The van der Waals surface area contributed by atoms with Crippen LogP contribution in [-0.2, 0) is 12.7 Å². The highest BCUT2D eigenvalue weighted by atomic mass is 19.4. The number of tetrazole rings is 1. The fraction of sp³-hybridized carbons (Fsp3) is 0.278. The number of hydrogen-bond acceptors (Lipinski definition) is 4. The van der Waals surface area contributed by atoms with E-state index in [1.54, 1.807) is 12.1 Å². The first-order valence-electron chi connectivity index (χ1n) is 8.16. The molecule has 1 heterocycles. The van der Waals surface area contributed by atoms with E-state index in [0.29, 0.717) is 18.1 Å². The van der Waals surface area contributed by atoms with Crippen molar-refractivity contribution in [3.8, 4) is 5.69 Å². The Balaban J connectivity index is 1.77. The lowest BCUT2D eigenvalue weighted by Gasteiger charge is -2.24. The highest BCUT2D eigenvalue weighted by Crippen LogP contribution is 2.29. The molecule has 5 nitrogen and oxygen atoms in total. The number of alkyl halides is 3. The van der Waals surface area contributed by atoms with E-state index in [9.17, 15) is 17.6 Å². The van der Waals surface area contributed by atoms with Crippen molar-refractivity contribution in [3.63, 3.8) is 0 Å². The third-order valence-corrected chi connectivity index (χ3v) is 4.38. The van der Waals surface area contributed by atoms with Crippen molar-refractivity contribution in [2.75, 3.05) is 7.05 Å². The Kier molecular flexibility index (Phi) is 5.22. The van der Waals surface area contributed by atoms with Crippen LogP contribution in [0.4, 0.5) is 17.6 Å². The van der Waals surface area contributed by atoms with Crippen LogP contribution in [0.1, 0.15) is 29.9 Å². The van der Waals surface area contributed by atoms with Crippen LogP contribution >= 0.6 is 0 Å². The standard InChI is InChI=1S/C18H17F4N5/c1-12(13-3-7-15(19)8-4-13)26(2)11-17-23-24-25-27(17)16-9-5-14(6-10-16)18(20,21)22/h3-10,12H,11H2,1-2H3. The van der Waals surface area contributed by atoms with Crippen molar-refractivity contribution in [2.24, 2.45) is 0 Å². The van der Waals surface area contributed by atoms with E-state index in [1.807, 2.05) is 18.9 Å². The Hall–Kier alpha value is -2.81. The number of halogens is 4. The van der Waals surface area contributed by atoms with Crippen LogP contribution in [0.5, 0.6) is 0 Å². The highest BCUT2D eigenvalue weighted by Gasteiger charge is 2.30. The molecule has 0 saturated heterocycles. The Morgan fingerprint density at radius 1 is 1.04 bits per heavy atom. The van der Waals surface area contributed by atoms with Gasteiger partial charge in [0.25, 0.3) is 0 Å². The summed E-state index contributed by atoms with van der Waals surface area (Å²) in [4.78, 5) is 1.96. The van der Waals surface area contributed by atoms with Gasteiger partial charge < -0.3 is 0 Å². The SMILES string of the molecule is CC(c1ccc(F)cc1)N(C)Cc1nnnn1-c1ccc(C(F)(F)F)cc1. The van der Waals surface area contributed by atoms with Gasteiger partial charge in [-0.05, 0) is 66.4 Å². The summed E-state index contributed by atoms with van der Waals surface area (Å²) in [5.41, 5.74) is 0.626. The minimum atomic E-state index is -4.40. The number of rotatable bonds is 5. The molecule has 1 aromatic heterocycles. The predicted octanol–water partition coefficient (Wildman–Crippen LogP) is 4.01. The van der Waals surface area contributed by atoms with Crippen LogP contribution < -0.4 is 0 Å². The summed E-state index contributed by atoms with van der Waals surface area (Å²) in [5, 5.41) is 11.5. The van der Waals surface area contributed by atoms with Gasteiger partial charge in [-0.1, -0.05) is 12.1 Å². The van der Waals surface area contributed by atoms with E-state index in [2.05, 4.69) is 15.5 Å². The molecule has 27 heavy (non-hydrogen) atoms. The van der Waals surface area contributed by atoms with Crippen LogP contribution in [0.15, 0.2) is 48.5 Å². The smallest absolute Gasteiger partial charge is 0.292 e. The average molecular weight is 379 g/mol. The molecule has 0 bridgehead atoms. The zero-order chi connectivity index (χ0) is 19.6. The second-order valence-electron chi connectivity index (χ2n) is 6.19. The van der Waals surface area contributed by atoms with Crippen molar-refractivity contribution in [2.45, 2.75) is 25.7 Å². The molecule has 0 aliphatic carbocycles. The van der Waals surface area contributed by atoms with Gasteiger partial charge in [-0.15, -0.1) is 5.10 Å². The molecule has 0 amide bonds. The van der Waals surface area contributed by atoms with E-state index < -0.39 is 11.7 Å². The zero-order valence-electron chi connectivity index (χ0n) is 14.7. The second-order valence-corrected chi connectivity index (χ2v) is 6.19. The van der Waals surface area contributed by atoms with Crippen LogP contribution in [0.3, 0.4) is 0 Å². The molecule has 0 N–H and O–H groups in total. The van der Waals surface area contributed by atoms with E-state index in [4.69, 9.17) is 0 Å². The van der Waals surface area contributed by atoms with Gasteiger partial charge in [-0.25, -0.2) is 4.39 Å². The molecule has 0 spiro atoms. The Bertz CT molecular complexity index is 887. The summed E-state index contributed by atoms with van der Waals surface area (Å²) in [6.07, 6.45) is -4.40. The summed E-state index contributed by atoms with van der Waals surface area (Å²) in [7, 11) is 1.86. The summed E-state index contributed by atoms with van der Waals surface area (Å²) >= 11 is 0. The molecule has 0 radical (unpaired) electrons. The molecule has 0 fully saturated rings. The van der Waals surface area contributed by atoms with Crippen molar-refractivity contribution in [3.05, 3.63) is 71.3 Å². The molecule has 0 saturated carbocycles. The quantitative estimate of drug-likeness (QED) is 0.629. The van der Waals surface area contributed by atoms with Gasteiger partial charge >= 0.3 is 6.18 Å². The van der Waals surface area contributed by atoms with Gasteiger partial charge in [0, 0.05) is 6.04 Å². The monoisotopic (exact) mass is 379 g/mol. The summed E-state index contributed by atoms with van der Waals surface area (Å²) in [5.74, 6) is 0.172. The molecule has 3 aromatic rings. The van der Waals surface area contributed by atoms with Gasteiger partial charge in [0.05, 0.1) is 17.8 Å². The minimum Gasteiger partial charge on any atom is -0.292 e. The lowest BCUT2D eigenvalue weighted by Crippen LogP contribution is -2.24. The minimum absolute atomic E-state index is 0.0386. The molecule has 2 aromatic carbocycles. The average Bonchev–Trinajstić information content (AvgIpc) is 3.09. The predicted molar refractivity (Wildman–Crippen MR) is 90.4 cm³/mol. The normalized spacial score (nSPS) is 13.1. The zero-order valence-corrected chi connectivity index (χ0v) is 14.7. The van der Waals surface area contributed by atoms with Gasteiger partial charge in [0.15, 0.2) is 5.82 Å². The van der Waals surface area contributed by atoms with Gasteiger partial charge in [0.1, 0.15) is 5.82 Å². The Labute approximate surface area is 153 Å². The lowest BCUT2D eigenvalue weighted by atomic mass is 10.1. The van der Waals surface area contributed by atoms with Crippen molar-refractivity contribution in [1.29, 1.82) is 0 Å². The van der Waals surface area contributed by atoms with Crippen LogP contribution in [0, 0.1) is 5.82 Å². The largest absolute Gasteiger partial charge is 0.416 e. The first-order valence-corrected chi connectivity index (χ1v) is 8.16. The van der Waals surface area contributed by atoms with E-state index in [-0.39, 0.29) is 11.9 Å². The first kappa shape index (κ1) is 19.0. The lowest BCUT2D eigenvalue weighted by molar-refractivity contribution is -0.137. The van der Waals surface area contributed by atoms with E-state index in [1.165, 1.54) is 28.9 Å². The Morgan fingerprint density at radius 3 is 2.26 bits per heavy atom. The van der Waals surface area contributed by atoms with Gasteiger partial charge in [-0.3, -0.25) is 4.90 Å². The first-order chi connectivity index (χ1) is 12.8. The van der Waals surface area contributed by atoms with Gasteiger partial charge in [0.2, 0.25) is 0 Å². The van der Waals surface area contributed by atoms with Crippen LogP contribution in [-0.4, -0.2) is 32.2 Å². The number of benzene rings is 2. The van der Waals surface area contributed by atoms with Gasteiger partial charge in [-0.2, -0.15) is 17.9 Å². The number of aromatic nitrogens is 4. The number of hydrogen-bond donors (Lipinski definition) is 0. The molecule has 1 unspecified atom stereocenters. The third-order valence-electron chi connectivity index (χ3n) is 4.38. The number of nitrogens with zero attached hydrogens (tertiary/aromatic N) is 5. The summed E-state index contributed by atoms with van der Waals surface area (Å²) in [6.45, 7) is 2.31. The van der Waals surface area contributed by atoms with E-state index >= 15 is 0 Å². The fourth-order valence-corrected chi connectivity index (χ4v) is 2.65. The topological polar surface area (TPSA) is 46.8 Å².